The maximum Gasteiger partial charge on any atom is 0.328 e. The number of nitrogens with zero attached hydrogens (tertiary/aromatic N) is 2. The normalized spacial score (nSPS) is 10.2. The predicted octanol–water partition coefficient (Wildman–Crippen LogP) is 0.174. The van der Waals surface area contributed by atoms with Crippen molar-refractivity contribution in [2.75, 3.05) is 0 Å². The van der Waals surface area contributed by atoms with E-state index in [2.05, 4.69) is 9.97 Å². The van der Waals surface area contributed by atoms with Gasteiger partial charge in [0.25, 0.3) is 5.56 Å². The van der Waals surface area contributed by atoms with Gasteiger partial charge in [-0.25, -0.2) is 4.79 Å². The van der Waals surface area contributed by atoms with Crippen molar-refractivity contribution in [3.8, 4) is 0 Å². The molecule has 2 rings (SSSR count). The van der Waals surface area contributed by atoms with Crippen molar-refractivity contribution in [1.82, 2.24) is 14.5 Å². The number of aromatic amines is 1. The molecule has 0 unspecified atom stereocenters. The predicted molar refractivity (Wildman–Crippen MR) is 59.3 cm³/mol. The molecule has 0 aromatic carbocycles. The molecule has 0 amide bonds. The molecular formula is C11H11N3O2. The zero-order valence-corrected chi connectivity index (χ0v) is 8.59. The summed E-state index contributed by atoms with van der Waals surface area (Å²) < 4.78 is 1.18. The Morgan fingerprint density at radius 3 is 2.62 bits per heavy atom. The quantitative estimate of drug-likeness (QED) is 0.797. The van der Waals surface area contributed by atoms with Gasteiger partial charge in [0, 0.05) is 31.2 Å². The van der Waals surface area contributed by atoms with E-state index in [-0.39, 0.29) is 11.2 Å². The van der Waals surface area contributed by atoms with E-state index >= 15 is 0 Å². The van der Waals surface area contributed by atoms with Gasteiger partial charge in [0.05, 0.1) is 0 Å². The van der Waals surface area contributed by atoms with Crippen molar-refractivity contribution in [2.24, 2.45) is 0 Å². The second kappa shape index (κ2) is 4.57. The lowest BCUT2D eigenvalue weighted by atomic mass is 10.2. The van der Waals surface area contributed by atoms with Crippen molar-refractivity contribution in [3.05, 3.63) is 63.2 Å². The maximum absolute atomic E-state index is 11.4. The van der Waals surface area contributed by atoms with E-state index in [1.54, 1.807) is 12.4 Å². The third-order valence-corrected chi connectivity index (χ3v) is 2.32. The van der Waals surface area contributed by atoms with Gasteiger partial charge in [-0.3, -0.25) is 14.3 Å². The Bertz CT molecular complexity index is 543. The molecule has 0 radical (unpaired) electrons. The molecule has 0 spiro atoms. The van der Waals surface area contributed by atoms with E-state index in [1.807, 2.05) is 12.1 Å². The lowest BCUT2D eigenvalue weighted by molar-refractivity contribution is 0.627. The summed E-state index contributed by atoms with van der Waals surface area (Å²) in [4.78, 5) is 29.1. The van der Waals surface area contributed by atoms with E-state index in [1.165, 1.54) is 16.8 Å². The monoisotopic (exact) mass is 217 g/mol. The van der Waals surface area contributed by atoms with Crippen LogP contribution in [0.3, 0.4) is 0 Å². The van der Waals surface area contributed by atoms with Crippen molar-refractivity contribution in [2.45, 2.75) is 13.0 Å². The van der Waals surface area contributed by atoms with Gasteiger partial charge >= 0.3 is 5.69 Å². The van der Waals surface area contributed by atoms with Crippen LogP contribution in [0.15, 0.2) is 46.4 Å². The minimum atomic E-state index is -0.374. The van der Waals surface area contributed by atoms with Crippen LogP contribution in [0.4, 0.5) is 0 Å². The second-order valence-electron chi connectivity index (χ2n) is 3.38. The third kappa shape index (κ3) is 2.25. The van der Waals surface area contributed by atoms with E-state index in [4.69, 9.17) is 0 Å². The minimum absolute atomic E-state index is 0.280. The van der Waals surface area contributed by atoms with Gasteiger partial charge in [-0.1, -0.05) is 0 Å². The zero-order valence-electron chi connectivity index (χ0n) is 8.59. The lowest BCUT2D eigenvalue weighted by Crippen LogP contribution is -2.34. The van der Waals surface area contributed by atoms with Crippen molar-refractivity contribution in [3.63, 3.8) is 0 Å². The molecule has 0 aliphatic heterocycles. The number of pyridine rings is 1. The van der Waals surface area contributed by atoms with Gasteiger partial charge in [-0.15, -0.1) is 0 Å². The first-order chi connectivity index (χ1) is 7.77. The Hall–Kier alpha value is -2.17. The van der Waals surface area contributed by atoms with Crippen molar-refractivity contribution in [1.29, 1.82) is 0 Å². The summed E-state index contributed by atoms with van der Waals surface area (Å²) in [5, 5.41) is 0. The number of hydrogen-bond donors (Lipinski definition) is 1. The molecule has 0 saturated carbocycles. The maximum atomic E-state index is 11.4. The number of H-pyrrole nitrogens is 1. The highest BCUT2D eigenvalue weighted by atomic mass is 16.2. The molecule has 0 aliphatic carbocycles. The van der Waals surface area contributed by atoms with Gasteiger partial charge in [0.2, 0.25) is 0 Å². The molecule has 0 bridgehead atoms. The molecule has 5 heteroatoms. The Labute approximate surface area is 91.4 Å². The molecular weight excluding hydrogens is 206 g/mol. The molecule has 2 aromatic heterocycles. The highest BCUT2D eigenvalue weighted by Crippen LogP contribution is 1.97. The number of rotatable bonds is 3. The number of nitrogens with one attached hydrogen (secondary N) is 1. The first-order valence-corrected chi connectivity index (χ1v) is 4.95. The van der Waals surface area contributed by atoms with Crippen LogP contribution in [0.1, 0.15) is 5.56 Å². The van der Waals surface area contributed by atoms with E-state index < -0.39 is 0 Å². The van der Waals surface area contributed by atoms with Crippen LogP contribution in [-0.2, 0) is 13.0 Å². The van der Waals surface area contributed by atoms with Crippen LogP contribution in [0.5, 0.6) is 0 Å². The summed E-state index contributed by atoms with van der Waals surface area (Å²) in [6, 6.07) is 5.07. The molecule has 2 heterocycles. The largest absolute Gasteiger partial charge is 0.328 e. The minimum Gasteiger partial charge on any atom is -0.314 e. The Morgan fingerprint density at radius 1 is 1.19 bits per heavy atom. The molecule has 2 aromatic rings. The van der Waals surface area contributed by atoms with Gasteiger partial charge in [-0.2, -0.15) is 0 Å². The average molecular weight is 217 g/mol. The topological polar surface area (TPSA) is 67.8 Å². The van der Waals surface area contributed by atoms with E-state index in [0.29, 0.717) is 13.0 Å². The average Bonchev–Trinajstić information content (AvgIpc) is 2.30. The Kier molecular flexibility index (Phi) is 2.95. The van der Waals surface area contributed by atoms with Gasteiger partial charge < -0.3 is 4.98 Å². The van der Waals surface area contributed by atoms with Gasteiger partial charge in [-0.05, 0) is 24.1 Å². The summed E-state index contributed by atoms with van der Waals surface area (Å²) in [5.74, 6) is 0. The smallest absolute Gasteiger partial charge is 0.314 e. The molecule has 0 atom stereocenters. The summed E-state index contributed by atoms with van der Waals surface area (Å²) in [6.07, 6.45) is 5.36. The zero-order chi connectivity index (χ0) is 11.4. The fourth-order valence-electron chi connectivity index (χ4n) is 1.45. The molecule has 82 valence electrons. The van der Waals surface area contributed by atoms with Crippen LogP contribution in [0.2, 0.25) is 0 Å². The first kappa shape index (κ1) is 10.4. The van der Waals surface area contributed by atoms with Crippen LogP contribution in [-0.4, -0.2) is 14.5 Å². The van der Waals surface area contributed by atoms with E-state index in [9.17, 15) is 9.59 Å². The fourth-order valence-corrected chi connectivity index (χ4v) is 1.45. The Balaban J connectivity index is 2.17. The highest BCUT2D eigenvalue weighted by molar-refractivity contribution is 5.09. The van der Waals surface area contributed by atoms with Crippen LogP contribution >= 0.6 is 0 Å². The molecule has 1 N–H and O–H groups in total. The number of hydrogen-bond acceptors (Lipinski definition) is 3. The molecule has 0 aliphatic rings. The molecule has 0 fully saturated rings. The summed E-state index contributed by atoms with van der Waals surface area (Å²) >= 11 is 0. The lowest BCUT2D eigenvalue weighted by Gasteiger charge is -2.03. The van der Waals surface area contributed by atoms with Crippen molar-refractivity contribution < 1.29 is 0 Å². The standard InChI is InChI=1S/C11H11N3O2/c15-10-3-7-13-11(16)14(10)8-4-9-1-5-12-6-2-9/h1-3,5-7H,4,8H2,(H,13,16). The second-order valence-corrected chi connectivity index (χ2v) is 3.38. The summed E-state index contributed by atoms with van der Waals surface area (Å²) in [7, 11) is 0. The van der Waals surface area contributed by atoms with Crippen molar-refractivity contribution >= 4 is 0 Å². The number of aromatic nitrogens is 3. The van der Waals surface area contributed by atoms with E-state index in [0.717, 1.165) is 5.56 Å². The van der Waals surface area contributed by atoms with Gasteiger partial charge in [0.1, 0.15) is 0 Å². The molecule has 5 nitrogen and oxygen atoms in total. The molecule has 16 heavy (non-hydrogen) atoms. The summed E-state index contributed by atoms with van der Waals surface area (Å²) in [6.45, 7) is 0.374. The van der Waals surface area contributed by atoms with Crippen LogP contribution in [0, 0.1) is 0 Å². The highest BCUT2D eigenvalue weighted by Gasteiger charge is 2.00. The summed E-state index contributed by atoms with van der Waals surface area (Å²) in [5.41, 5.74) is 0.393. The molecule has 0 saturated heterocycles. The van der Waals surface area contributed by atoms with Crippen LogP contribution < -0.4 is 11.2 Å². The third-order valence-electron chi connectivity index (χ3n) is 2.32. The number of aryl methyl sites for hydroxylation is 1. The van der Waals surface area contributed by atoms with Gasteiger partial charge in [0.15, 0.2) is 0 Å². The van der Waals surface area contributed by atoms with Crippen LogP contribution in [0.25, 0.3) is 0 Å². The fraction of sp³-hybridized carbons (Fsp3) is 0.182. The SMILES string of the molecule is O=c1cc[nH]c(=O)n1CCc1ccncc1. The Morgan fingerprint density at radius 2 is 1.94 bits per heavy atom. The first-order valence-electron chi connectivity index (χ1n) is 4.95.